The highest BCUT2D eigenvalue weighted by Crippen LogP contribution is 2.20. The first-order valence-electron chi connectivity index (χ1n) is 6.11. The van der Waals surface area contributed by atoms with Gasteiger partial charge >= 0.3 is 0 Å². The van der Waals surface area contributed by atoms with Crippen LogP contribution in [0.5, 0.6) is 0 Å². The Hall–Kier alpha value is -1.21. The lowest BCUT2D eigenvalue weighted by atomic mass is 10.2. The van der Waals surface area contributed by atoms with Crippen LogP contribution in [-0.4, -0.2) is 36.6 Å². The van der Waals surface area contributed by atoms with Crippen molar-refractivity contribution in [3.05, 3.63) is 28.5 Å². The van der Waals surface area contributed by atoms with Crippen LogP contribution in [0, 0.1) is 0 Å². The van der Waals surface area contributed by atoms with Gasteiger partial charge in [0.1, 0.15) is 6.10 Å². The van der Waals surface area contributed by atoms with Gasteiger partial charge in [-0.3, -0.25) is 4.79 Å². The molecule has 2 heterocycles. The number of aliphatic hydroxyl groups is 1. The summed E-state index contributed by atoms with van der Waals surface area (Å²) in [5.41, 5.74) is 0.577. The molecule has 5 nitrogen and oxygen atoms in total. The monoisotopic (exact) mass is 283 g/mol. The van der Waals surface area contributed by atoms with Gasteiger partial charge < -0.3 is 19.9 Å². The van der Waals surface area contributed by atoms with E-state index in [1.807, 2.05) is 17.5 Å². The third-order valence-corrected chi connectivity index (χ3v) is 3.47. The van der Waals surface area contributed by atoms with E-state index in [9.17, 15) is 9.90 Å². The average molecular weight is 283 g/mol. The smallest absolute Gasteiger partial charge is 0.221 e. The Morgan fingerprint density at radius 1 is 1.58 bits per heavy atom. The van der Waals surface area contributed by atoms with Gasteiger partial charge in [0, 0.05) is 6.92 Å². The van der Waals surface area contributed by atoms with Crippen molar-refractivity contribution in [3.63, 3.8) is 0 Å². The van der Waals surface area contributed by atoms with Crippen LogP contribution in [0.2, 0.25) is 0 Å². The molecule has 1 aliphatic rings. The maximum Gasteiger partial charge on any atom is 0.221 e. The molecule has 2 N–H and O–H groups in total. The van der Waals surface area contributed by atoms with E-state index in [-0.39, 0.29) is 5.91 Å². The fraction of sp³-hybridized carbons (Fsp3) is 0.462. The molecule has 1 amide bonds. The summed E-state index contributed by atoms with van der Waals surface area (Å²) >= 11 is 1.49. The van der Waals surface area contributed by atoms with Gasteiger partial charge in [0.2, 0.25) is 5.91 Å². The van der Waals surface area contributed by atoms with Gasteiger partial charge in [0.05, 0.1) is 23.8 Å². The standard InChI is InChI=1S/C13H17NO4S/c1-9(15)14-10(12-4-2-7-19-12)8-11(16)13-17-5-3-6-18-13/h2,4,7-8,11,13,16H,3,5-6H2,1H3,(H,14,15)/b10-8-/t11-/m0/s1. The topological polar surface area (TPSA) is 67.8 Å². The van der Waals surface area contributed by atoms with Gasteiger partial charge in [-0.05, 0) is 23.9 Å². The summed E-state index contributed by atoms with van der Waals surface area (Å²) in [5.74, 6) is -0.183. The molecule has 0 unspecified atom stereocenters. The summed E-state index contributed by atoms with van der Waals surface area (Å²) in [5, 5.41) is 14.7. The Balaban J connectivity index is 2.12. The second-order valence-corrected chi connectivity index (χ2v) is 5.14. The zero-order chi connectivity index (χ0) is 13.7. The minimum Gasteiger partial charge on any atom is -0.384 e. The Labute approximate surface area is 115 Å². The fourth-order valence-electron chi connectivity index (χ4n) is 1.76. The largest absolute Gasteiger partial charge is 0.384 e. The molecule has 0 saturated carbocycles. The Morgan fingerprint density at radius 2 is 2.32 bits per heavy atom. The van der Waals surface area contributed by atoms with E-state index in [1.165, 1.54) is 18.3 Å². The minimum atomic E-state index is -0.913. The third kappa shape index (κ3) is 4.14. The number of thiophene rings is 1. The van der Waals surface area contributed by atoms with Crippen molar-refractivity contribution in [2.24, 2.45) is 0 Å². The van der Waals surface area contributed by atoms with Crippen molar-refractivity contribution in [3.8, 4) is 0 Å². The molecular weight excluding hydrogens is 266 g/mol. The number of carbonyl (C=O) groups excluding carboxylic acids is 1. The zero-order valence-electron chi connectivity index (χ0n) is 10.7. The number of amides is 1. The second kappa shape index (κ2) is 6.81. The van der Waals surface area contributed by atoms with E-state index < -0.39 is 12.4 Å². The molecule has 0 aromatic carbocycles. The summed E-state index contributed by atoms with van der Waals surface area (Å²) in [6.07, 6.45) is 0.807. The highest BCUT2D eigenvalue weighted by molar-refractivity contribution is 7.11. The number of ether oxygens (including phenoxy) is 2. The molecule has 0 radical (unpaired) electrons. The van der Waals surface area contributed by atoms with Crippen molar-refractivity contribution < 1.29 is 19.4 Å². The first kappa shape index (κ1) is 14.2. The van der Waals surface area contributed by atoms with Gasteiger partial charge in [-0.25, -0.2) is 0 Å². The molecule has 1 aromatic rings. The first-order valence-corrected chi connectivity index (χ1v) is 6.99. The summed E-state index contributed by atoms with van der Waals surface area (Å²) in [6.45, 7) is 2.58. The van der Waals surface area contributed by atoms with Crippen LogP contribution < -0.4 is 5.32 Å². The highest BCUT2D eigenvalue weighted by atomic mass is 32.1. The molecule has 0 bridgehead atoms. The van der Waals surface area contributed by atoms with E-state index in [0.29, 0.717) is 18.9 Å². The van der Waals surface area contributed by atoms with Gasteiger partial charge in [0.15, 0.2) is 6.29 Å². The summed E-state index contributed by atoms with van der Waals surface area (Å²) in [7, 11) is 0. The van der Waals surface area contributed by atoms with Gasteiger partial charge in [-0.15, -0.1) is 11.3 Å². The summed E-state index contributed by atoms with van der Waals surface area (Å²) in [4.78, 5) is 12.1. The SMILES string of the molecule is CC(=O)N/C(=C\[C@H](O)C1OCCCO1)c1cccs1. The number of rotatable bonds is 4. The molecule has 6 heteroatoms. The van der Waals surface area contributed by atoms with E-state index in [2.05, 4.69) is 5.32 Å². The van der Waals surface area contributed by atoms with Gasteiger partial charge in [0.25, 0.3) is 0 Å². The highest BCUT2D eigenvalue weighted by Gasteiger charge is 2.22. The first-order chi connectivity index (χ1) is 9.16. The van der Waals surface area contributed by atoms with Crippen LogP contribution in [0.1, 0.15) is 18.2 Å². The number of hydrogen-bond donors (Lipinski definition) is 2. The Kier molecular flexibility index (Phi) is 5.09. The van der Waals surface area contributed by atoms with Crippen LogP contribution in [0.15, 0.2) is 23.6 Å². The predicted octanol–water partition coefficient (Wildman–Crippen LogP) is 1.35. The molecule has 1 aromatic heterocycles. The Morgan fingerprint density at radius 3 is 2.89 bits per heavy atom. The molecule has 1 atom stereocenters. The molecule has 19 heavy (non-hydrogen) atoms. The van der Waals surface area contributed by atoms with Crippen LogP contribution in [-0.2, 0) is 14.3 Å². The molecule has 0 aliphatic carbocycles. The van der Waals surface area contributed by atoms with Crippen LogP contribution in [0.25, 0.3) is 5.70 Å². The average Bonchev–Trinajstić information content (AvgIpc) is 2.92. The normalized spacial score (nSPS) is 19.2. The maximum atomic E-state index is 11.2. The summed E-state index contributed by atoms with van der Waals surface area (Å²) in [6, 6.07) is 3.76. The maximum absolute atomic E-state index is 11.2. The van der Waals surface area contributed by atoms with Crippen LogP contribution in [0.4, 0.5) is 0 Å². The second-order valence-electron chi connectivity index (χ2n) is 4.19. The fourth-order valence-corrected chi connectivity index (χ4v) is 2.47. The number of carbonyl (C=O) groups is 1. The predicted molar refractivity (Wildman–Crippen MR) is 72.4 cm³/mol. The van der Waals surface area contributed by atoms with Gasteiger partial charge in [-0.1, -0.05) is 6.07 Å². The van der Waals surface area contributed by atoms with E-state index in [1.54, 1.807) is 6.08 Å². The van der Waals surface area contributed by atoms with Gasteiger partial charge in [-0.2, -0.15) is 0 Å². The van der Waals surface area contributed by atoms with Crippen molar-refractivity contribution in [1.82, 2.24) is 5.32 Å². The number of aliphatic hydroxyl groups excluding tert-OH is 1. The lowest BCUT2D eigenvalue weighted by Crippen LogP contribution is -2.35. The lowest BCUT2D eigenvalue weighted by molar-refractivity contribution is -0.212. The molecule has 0 spiro atoms. The number of hydrogen-bond acceptors (Lipinski definition) is 5. The molecule has 104 valence electrons. The molecule has 1 fully saturated rings. The third-order valence-electron chi connectivity index (χ3n) is 2.57. The molecule has 1 aliphatic heterocycles. The minimum absolute atomic E-state index is 0.183. The molecule has 1 saturated heterocycles. The zero-order valence-corrected chi connectivity index (χ0v) is 11.5. The van der Waals surface area contributed by atoms with E-state index in [0.717, 1.165) is 11.3 Å². The van der Waals surface area contributed by atoms with E-state index >= 15 is 0 Å². The van der Waals surface area contributed by atoms with E-state index in [4.69, 9.17) is 9.47 Å². The number of nitrogens with one attached hydrogen (secondary N) is 1. The summed E-state index contributed by atoms with van der Waals surface area (Å²) < 4.78 is 10.7. The van der Waals surface area contributed by atoms with Crippen molar-refractivity contribution in [1.29, 1.82) is 0 Å². The quantitative estimate of drug-likeness (QED) is 0.875. The molecule has 2 rings (SSSR count). The van der Waals surface area contributed by atoms with Crippen LogP contribution >= 0.6 is 11.3 Å². The van der Waals surface area contributed by atoms with Crippen LogP contribution in [0.3, 0.4) is 0 Å². The molecular formula is C13H17NO4S. The van der Waals surface area contributed by atoms with Crippen molar-refractivity contribution >= 4 is 22.9 Å². The van der Waals surface area contributed by atoms with Crippen molar-refractivity contribution in [2.45, 2.75) is 25.7 Å². The lowest BCUT2D eigenvalue weighted by Gasteiger charge is -2.26. The Bertz CT molecular complexity index is 438. The van der Waals surface area contributed by atoms with Crippen molar-refractivity contribution in [2.75, 3.05) is 13.2 Å².